The number of nitrogens with one attached hydrogen (secondary N) is 1. The molecular formula is C13H16N2O2S. The van der Waals surface area contributed by atoms with E-state index in [1.807, 2.05) is 19.2 Å². The maximum atomic E-state index is 9.28. The maximum absolute atomic E-state index is 9.28. The Hall–Kier alpha value is -1.43. The summed E-state index contributed by atoms with van der Waals surface area (Å²) in [6.45, 7) is 1.31. The second-order valence-electron chi connectivity index (χ2n) is 3.90. The molecule has 96 valence electrons. The van der Waals surface area contributed by atoms with Crippen molar-refractivity contribution in [1.82, 2.24) is 10.3 Å². The van der Waals surface area contributed by atoms with Crippen LogP contribution < -0.4 is 5.32 Å². The molecule has 0 aliphatic rings. The third-order valence-corrected chi connectivity index (χ3v) is 3.66. The highest BCUT2D eigenvalue weighted by Gasteiger charge is 2.11. The third kappa shape index (κ3) is 2.87. The van der Waals surface area contributed by atoms with Crippen LogP contribution in [0.1, 0.15) is 10.6 Å². The van der Waals surface area contributed by atoms with Gasteiger partial charge < -0.3 is 15.2 Å². The van der Waals surface area contributed by atoms with Crippen molar-refractivity contribution in [2.45, 2.75) is 13.2 Å². The molecular weight excluding hydrogens is 248 g/mol. The molecule has 2 rings (SSSR count). The quantitative estimate of drug-likeness (QED) is 0.870. The Bertz CT molecular complexity index is 485. The largest absolute Gasteiger partial charge is 0.508 e. The van der Waals surface area contributed by atoms with E-state index in [9.17, 15) is 5.11 Å². The minimum absolute atomic E-state index is 0.267. The van der Waals surface area contributed by atoms with Crippen LogP contribution in [0.3, 0.4) is 0 Å². The number of phenolic OH excluding ortho intramolecular Hbond substituents is 1. The number of phenols is 1. The Morgan fingerprint density at radius 3 is 2.67 bits per heavy atom. The van der Waals surface area contributed by atoms with Gasteiger partial charge in [-0.15, -0.1) is 11.3 Å². The molecule has 0 saturated heterocycles. The monoisotopic (exact) mass is 264 g/mol. The Labute approximate surface area is 110 Å². The van der Waals surface area contributed by atoms with Crippen LogP contribution in [0.2, 0.25) is 0 Å². The summed E-state index contributed by atoms with van der Waals surface area (Å²) in [7, 11) is 3.58. The molecule has 2 N–H and O–H groups in total. The van der Waals surface area contributed by atoms with Crippen LogP contribution in [0.5, 0.6) is 5.75 Å². The molecule has 0 aliphatic carbocycles. The van der Waals surface area contributed by atoms with Gasteiger partial charge in [-0.1, -0.05) is 0 Å². The van der Waals surface area contributed by atoms with E-state index in [1.165, 1.54) is 4.88 Å². The van der Waals surface area contributed by atoms with Crippen molar-refractivity contribution in [2.24, 2.45) is 0 Å². The predicted molar refractivity (Wildman–Crippen MR) is 72.7 cm³/mol. The fraction of sp³-hybridized carbons (Fsp3) is 0.308. The number of nitrogens with zero attached hydrogens (tertiary/aromatic N) is 1. The smallest absolute Gasteiger partial charge is 0.124 e. The van der Waals surface area contributed by atoms with Crippen LogP contribution in [0.4, 0.5) is 0 Å². The van der Waals surface area contributed by atoms with Gasteiger partial charge in [-0.25, -0.2) is 4.98 Å². The molecule has 1 aromatic heterocycles. The predicted octanol–water partition coefficient (Wildman–Crippen LogP) is 2.38. The van der Waals surface area contributed by atoms with Crippen LogP contribution >= 0.6 is 11.3 Å². The van der Waals surface area contributed by atoms with Gasteiger partial charge in [-0.3, -0.25) is 0 Å². The SMILES string of the molecule is CNCc1sc(-c2ccc(O)cc2)nc1COC. The summed E-state index contributed by atoms with van der Waals surface area (Å²) in [6.07, 6.45) is 0. The lowest BCUT2D eigenvalue weighted by Gasteiger charge is -1.98. The van der Waals surface area contributed by atoms with Crippen molar-refractivity contribution in [2.75, 3.05) is 14.2 Å². The lowest BCUT2D eigenvalue weighted by atomic mass is 10.2. The minimum Gasteiger partial charge on any atom is -0.508 e. The summed E-state index contributed by atoms with van der Waals surface area (Å²) in [4.78, 5) is 5.77. The van der Waals surface area contributed by atoms with Crippen LogP contribution in [0.15, 0.2) is 24.3 Å². The van der Waals surface area contributed by atoms with Gasteiger partial charge in [0.15, 0.2) is 0 Å². The first-order valence-corrected chi connectivity index (χ1v) is 6.47. The van der Waals surface area contributed by atoms with E-state index in [1.54, 1.807) is 30.6 Å². The molecule has 0 bridgehead atoms. The lowest BCUT2D eigenvalue weighted by Crippen LogP contribution is -2.06. The van der Waals surface area contributed by atoms with Crippen molar-refractivity contribution in [3.63, 3.8) is 0 Å². The summed E-state index contributed by atoms with van der Waals surface area (Å²) < 4.78 is 5.16. The third-order valence-electron chi connectivity index (χ3n) is 2.51. The van der Waals surface area contributed by atoms with Gasteiger partial charge in [0.1, 0.15) is 10.8 Å². The highest BCUT2D eigenvalue weighted by Crippen LogP contribution is 2.29. The zero-order valence-electron chi connectivity index (χ0n) is 10.4. The van der Waals surface area contributed by atoms with Gasteiger partial charge in [0, 0.05) is 24.1 Å². The van der Waals surface area contributed by atoms with Crippen LogP contribution in [-0.4, -0.2) is 24.2 Å². The van der Waals surface area contributed by atoms with E-state index in [4.69, 9.17) is 4.74 Å². The molecule has 18 heavy (non-hydrogen) atoms. The lowest BCUT2D eigenvalue weighted by molar-refractivity contribution is 0.181. The molecule has 0 saturated carbocycles. The van der Waals surface area contributed by atoms with E-state index in [0.717, 1.165) is 22.8 Å². The molecule has 0 atom stereocenters. The number of hydrogen-bond acceptors (Lipinski definition) is 5. The molecule has 0 unspecified atom stereocenters. The van der Waals surface area contributed by atoms with Gasteiger partial charge in [-0.2, -0.15) is 0 Å². The fourth-order valence-corrected chi connectivity index (χ4v) is 2.74. The number of rotatable bonds is 5. The Balaban J connectivity index is 2.33. The maximum Gasteiger partial charge on any atom is 0.124 e. The normalized spacial score (nSPS) is 10.8. The first kappa shape index (κ1) is 13.0. The topological polar surface area (TPSA) is 54.4 Å². The van der Waals surface area contributed by atoms with Crippen LogP contribution in [0, 0.1) is 0 Å². The number of benzene rings is 1. The minimum atomic E-state index is 0.267. The van der Waals surface area contributed by atoms with Crippen molar-refractivity contribution in [3.05, 3.63) is 34.8 Å². The molecule has 5 heteroatoms. The zero-order valence-corrected chi connectivity index (χ0v) is 11.3. The highest BCUT2D eigenvalue weighted by molar-refractivity contribution is 7.15. The fourth-order valence-electron chi connectivity index (χ4n) is 1.66. The summed E-state index contributed by atoms with van der Waals surface area (Å²) in [5.74, 6) is 0.267. The van der Waals surface area contributed by atoms with Gasteiger partial charge in [0.25, 0.3) is 0 Å². The number of thiazole rings is 1. The van der Waals surface area contributed by atoms with E-state index in [2.05, 4.69) is 10.3 Å². The molecule has 0 amide bonds. The molecule has 0 fully saturated rings. The molecule has 1 heterocycles. The molecule has 1 aromatic carbocycles. The first-order chi connectivity index (χ1) is 8.74. The van der Waals surface area contributed by atoms with Crippen LogP contribution in [0.25, 0.3) is 10.6 Å². The van der Waals surface area contributed by atoms with Crippen LogP contribution in [-0.2, 0) is 17.9 Å². The number of aromatic nitrogens is 1. The molecule has 4 nitrogen and oxygen atoms in total. The van der Waals surface area contributed by atoms with E-state index < -0.39 is 0 Å². The van der Waals surface area contributed by atoms with Crippen molar-refractivity contribution < 1.29 is 9.84 Å². The number of methoxy groups -OCH3 is 1. The molecule has 0 radical (unpaired) electrons. The highest BCUT2D eigenvalue weighted by atomic mass is 32.1. The first-order valence-electron chi connectivity index (χ1n) is 5.66. The van der Waals surface area contributed by atoms with E-state index >= 15 is 0 Å². The molecule has 0 spiro atoms. The average Bonchev–Trinajstić information content (AvgIpc) is 2.75. The number of ether oxygens (including phenoxy) is 1. The van der Waals surface area contributed by atoms with Crippen molar-refractivity contribution in [1.29, 1.82) is 0 Å². The van der Waals surface area contributed by atoms with E-state index in [-0.39, 0.29) is 5.75 Å². The molecule has 0 aliphatic heterocycles. The summed E-state index contributed by atoms with van der Waals surface area (Å²) in [6, 6.07) is 7.08. The van der Waals surface area contributed by atoms with Gasteiger partial charge in [-0.05, 0) is 31.3 Å². The summed E-state index contributed by atoms with van der Waals surface area (Å²) in [5, 5.41) is 13.4. The van der Waals surface area contributed by atoms with E-state index in [0.29, 0.717) is 6.61 Å². The standard InChI is InChI=1S/C13H16N2O2S/c1-14-7-12-11(8-17-2)15-13(18-12)9-3-5-10(16)6-4-9/h3-6,14,16H,7-8H2,1-2H3. The Morgan fingerprint density at radius 1 is 1.33 bits per heavy atom. The number of hydrogen-bond donors (Lipinski definition) is 2. The second-order valence-corrected chi connectivity index (χ2v) is 4.98. The Morgan fingerprint density at radius 2 is 2.06 bits per heavy atom. The van der Waals surface area contributed by atoms with Gasteiger partial charge in [0.2, 0.25) is 0 Å². The van der Waals surface area contributed by atoms with Gasteiger partial charge in [0.05, 0.1) is 12.3 Å². The summed E-state index contributed by atoms with van der Waals surface area (Å²) in [5.41, 5.74) is 1.98. The zero-order chi connectivity index (χ0) is 13.0. The summed E-state index contributed by atoms with van der Waals surface area (Å²) >= 11 is 1.65. The second kappa shape index (κ2) is 5.95. The van der Waals surface area contributed by atoms with Crippen molar-refractivity contribution >= 4 is 11.3 Å². The van der Waals surface area contributed by atoms with Gasteiger partial charge >= 0.3 is 0 Å². The molecule has 2 aromatic rings. The number of aromatic hydroxyl groups is 1. The Kier molecular flexibility index (Phi) is 4.30. The average molecular weight is 264 g/mol. The van der Waals surface area contributed by atoms with Crippen molar-refractivity contribution in [3.8, 4) is 16.3 Å².